The van der Waals surface area contributed by atoms with E-state index >= 15 is 0 Å². The maximum Gasteiger partial charge on any atom is 0.307 e. The molecule has 3 N–H and O–H groups in total. The molecule has 0 fully saturated rings. The van der Waals surface area contributed by atoms with Gasteiger partial charge < -0.3 is 25.0 Å². The molecule has 0 aliphatic carbocycles. The summed E-state index contributed by atoms with van der Waals surface area (Å²) in [5, 5.41) is 21.2. The van der Waals surface area contributed by atoms with Crippen LogP contribution in [0.4, 0.5) is 0 Å². The second-order valence-electron chi connectivity index (χ2n) is 3.64. The quantitative estimate of drug-likeness (QED) is 0.242. The Morgan fingerprint density at radius 2 is 2.17 bits per heavy atom. The number of esters is 1. The van der Waals surface area contributed by atoms with Crippen LogP contribution in [0, 0.1) is 0 Å². The minimum Gasteiger partial charge on any atom is -0.509 e. The van der Waals surface area contributed by atoms with Gasteiger partial charge in [-0.1, -0.05) is 6.58 Å². The van der Waals surface area contributed by atoms with Crippen LogP contribution in [0.5, 0.6) is 0 Å². The lowest BCUT2D eigenvalue weighted by molar-refractivity contribution is -0.141. The van der Waals surface area contributed by atoms with E-state index in [0.29, 0.717) is 25.5 Å². The number of methoxy groups -OCH3 is 1. The van der Waals surface area contributed by atoms with Crippen LogP contribution in [0.1, 0.15) is 13.3 Å². The molecule has 104 valence electrons. The van der Waals surface area contributed by atoms with Crippen molar-refractivity contribution in [2.24, 2.45) is 0 Å². The molecule has 0 spiro atoms. The molecular formula is C12H21NO5. The molecule has 0 amide bonds. The largest absolute Gasteiger partial charge is 0.509 e. The third kappa shape index (κ3) is 8.60. The standard InChI is InChI=1S/C12H21NO5/c1-9(8-11(15)10(2)14)13-5-7-18-6-4-12(16)17-3/h8,10,13-15H,1,4-7H2,2-3H3/b11-8-/t10-/m0/s1. The van der Waals surface area contributed by atoms with E-state index in [9.17, 15) is 9.90 Å². The van der Waals surface area contributed by atoms with Crippen LogP contribution < -0.4 is 5.32 Å². The van der Waals surface area contributed by atoms with Gasteiger partial charge in [0.1, 0.15) is 11.9 Å². The highest BCUT2D eigenvalue weighted by Gasteiger charge is 2.02. The summed E-state index contributed by atoms with van der Waals surface area (Å²) >= 11 is 0. The summed E-state index contributed by atoms with van der Waals surface area (Å²) in [4.78, 5) is 10.7. The number of allylic oxidation sites excluding steroid dienone is 1. The Labute approximate surface area is 107 Å². The summed E-state index contributed by atoms with van der Waals surface area (Å²) in [6, 6.07) is 0. The van der Waals surface area contributed by atoms with Crippen molar-refractivity contribution in [1.29, 1.82) is 0 Å². The Bertz CT molecular complexity index is 299. The number of carbonyl (C=O) groups is 1. The Hall–Kier alpha value is -1.53. The van der Waals surface area contributed by atoms with Gasteiger partial charge in [0, 0.05) is 18.3 Å². The molecule has 0 aromatic rings. The number of aliphatic hydroxyl groups excluding tert-OH is 2. The average Bonchev–Trinajstić information content (AvgIpc) is 2.32. The number of ether oxygens (including phenoxy) is 2. The van der Waals surface area contributed by atoms with Gasteiger partial charge >= 0.3 is 5.97 Å². The van der Waals surface area contributed by atoms with Crippen LogP contribution in [-0.2, 0) is 14.3 Å². The van der Waals surface area contributed by atoms with Crippen LogP contribution in [0.3, 0.4) is 0 Å². The van der Waals surface area contributed by atoms with Crippen LogP contribution in [0.25, 0.3) is 0 Å². The monoisotopic (exact) mass is 259 g/mol. The molecule has 0 aromatic heterocycles. The van der Waals surface area contributed by atoms with Crippen LogP contribution in [0.2, 0.25) is 0 Å². The van der Waals surface area contributed by atoms with Crippen molar-refractivity contribution in [2.45, 2.75) is 19.4 Å². The predicted molar refractivity (Wildman–Crippen MR) is 67.0 cm³/mol. The zero-order valence-electron chi connectivity index (χ0n) is 10.8. The molecule has 0 aromatic carbocycles. The van der Waals surface area contributed by atoms with Crippen molar-refractivity contribution in [3.05, 3.63) is 24.1 Å². The molecule has 6 nitrogen and oxygen atoms in total. The molecule has 18 heavy (non-hydrogen) atoms. The summed E-state index contributed by atoms with van der Waals surface area (Å²) in [5.74, 6) is -0.462. The molecule has 0 heterocycles. The van der Waals surface area contributed by atoms with Crippen LogP contribution >= 0.6 is 0 Å². The minimum absolute atomic E-state index is 0.154. The average molecular weight is 259 g/mol. The first-order chi connectivity index (χ1) is 8.47. The Morgan fingerprint density at radius 3 is 2.72 bits per heavy atom. The molecule has 1 atom stereocenters. The van der Waals surface area contributed by atoms with Gasteiger partial charge in [-0.2, -0.15) is 0 Å². The molecule has 6 heteroatoms. The maximum atomic E-state index is 10.7. The normalized spacial score (nSPS) is 12.9. The van der Waals surface area contributed by atoms with E-state index in [1.54, 1.807) is 0 Å². The number of carbonyl (C=O) groups excluding carboxylic acids is 1. The van der Waals surface area contributed by atoms with Crippen molar-refractivity contribution in [1.82, 2.24) is 5.32 Å². The Kier molecular flexibility index (Phi) is 8.69. The lowest BCUT2D eigenvalue weighted by atomic mass is 10.3. The topological polar surface area (TPSA) is 88.0 Å². The van der Waals surface area contributed by atoms with Gasteiger partial charge in [0.15, 0.2) is 0 Å². The van der Waals surface area contributed by atoms with Crippen molar-refractivity contribution < 1.29 is 24.5 Å². The van der Waals surface area contributed by atoms with E-state index < -0.39 is 6.10 Å². The molecular weight excluding hydrogens is 238 g/mol. The summed E-state index contributed by atoms with van der Waals surface area (Å²) in [7, 11) is 1.33. The van der Waals surface area contributed by atoms with Crippen molar-refractivity contribution in [3.63, 3.8) is 0 Å². The zero-order chi connectivity index (χ0) is 14.0. The van der Waals surface area contributed by atoms with Gasteiger partial charge in [0.05, 0.1) is 26.7 Å². The highest BCUT2D eigenvalue weighted by atomic mass is 16.5. The fourth-order valence-corrected chi connectivity index (χ4v) is 0.994. The van der Waals surface area contributed by atoms with Crippen molar-refractivity contribution >= 4 is 5.97 Å². The van der Waals surface area contributed by atoms with E-state index in [1.165, 1.54) is 20.1 Å². The lowest BCUT2D eigenvalue weighted by Crippen LogP contribution is -2.19. The molecule has 0 saturated heterocycles. The first-order valence-corrected chi connectivity index (χ1v) is 5.63. The maximum absolute atomic E-state index is 10.7. The molecule has 0 rings (SSSR count). The van der Waals surface area contributed by atoms with Gasteiger partial charge in [-0.3, -0.25) is 4.79 Å². The van der Waals surface area contributed by atoms with Gasteiger partial charge in [-0.05, 0) is 6.92 Å². The minimum atomic E-state index is -0.917. The third-order valence-electron chi connectivity index (χ3n) is 2.03. The highest BCUT2D eigenvalue weighted by molar-refractivity contribution is 5.69. The van der Waals surface area contributed by atoms with E-state index in [1.807, 2.05) is 0 Å². The number of hydrogen-bond donors (Lipinski definition) is 3. The smallest absolute Gasteiger partial charge is 0.307 e. The first-order valence-electron chi connectivity index (χ1n) is 5.63. The number of rotatable bonds is 9. The number of nitrogens with one attached hydrogen (secondary N) is 1. The van der Waals surface area contributed by atoms with Crippen LogP contribution in [-0.4, -0.2) is 49.2 Å². The molecule has 0 radical (unpaired) electrons. The van der Waals surface area contributed by atoms with Gasteiger partial charge in [-0.25, -0.2) is 0 Å². The third-order valence-corrected chi connectivity index (χ3v) is 2.03. The zero-order valence-corrected chi connectivity index (χ0v) is 10.8. The lowest BCUT2D eigenvalue weighted by Gasteiger charge is -2.08. The second kappa shape index (κ2) is 9.49. The van der Waals surface area contributed by atoms with Crippen molar-refractivity contribution in [2.75, 3.05) is 26.9 Å². The summed E-state index contributed by atoms with van der Waals surface area (Å²) < 4.78 is 9.63. The van der Waals surface area contributed by atoms with Gasteiger partial charge in [-0.15, -0.1) is 0 Å². The predicted octanol–water partition coefficient (Wildman–Crippen LogP) is 0.492. The molecule has 0 aliphatic rings. The summed E-state index contributed by atoms with van der Waals surface area (Å²) in [6.07, 6.45) is 0.652. The fraction of sp³-hybridized carbons (Fsp3) is 0.583. The fourth-order valence-electron chi connectivity index (χ4n) is 0.994. The summed E-state index contributed by atoms with van der Waals surface area (Å²) in [5.41, 5.74) is 0.477. The molecule has 0 saturated carbocycles. The van der Waals surface area contributed by atoms with Gasteiger partial charge in [0.25, 0.3) is 0 Å². The first kappa shape index (κ1) is 16.5. The number of aliphatic hydroxyl groups is 2. The Balaban J connectivity index is 3.58. The van der Waals surface area contributed by atoms with E-state index in [0.717, 1.165) is 0 Å². The Morgan fingerprint density at radius 1 is 1.50 bits per heavy atom. The molecule has 0 bridgehead atoms. The van der Waals surface area contributed by atoms with Crippen molar-refractivity contribution in [3.8, 4) is 0 Å². The SMILES string of the molecule is C=C(/C=C(\O)[C@H](C)O)NCCOCCC(=O)OC. The molecule has 0 aliphatic heterocycles. The van der Waals surface area contributed by atoms with E-state index in [-0.39, 0.29) is 18.1 Å². The summed E-state index contributed by atoms with van der Waals surface area (Å²) in [6.45, 7) is 6.29. The van der Waals surface area contributed by atoms with E-state index in [2.05, 4.69) is 16.6 Å². The van der Waals surface area contributed by atoms with E-state index in [4.69, 9.17) is 9.84 Å². The van der Waals surface area contributed by atoms with Crippen LogP contribution in [0.15, 0.2) is 24.1 Å². The number of hydrogen-bond acceptors (Lipinski definition) is 6. The highest BCUT2D eigenvalue weighted by Crippen LogP contribution is 1.99. The molecule has 0 unspecified atom stereocenters. The second-order valence-corrected chi connectivity index (χ2v) is 3.64. The van der Waals surface area contributed by atoms with Gasteiger partial charge in [0.2, 0.25) is 0 Å².